The van der Waals surface area contributed by atoms with Gasteiger partial charge < -0.3 is 15.4 Å². The van der Waals surface area contributed by atoms with E-state index in [1.54, 1.807) is 11.3 Å². The van der Waals surface area contributed by atoms with Crippen LogP contribution in [-0.4, -0.2) is 34.8 Å². The van der Waals surface area contributed by atoms with Gasteiger partial charge in [0.05, 0.1) is 10.2 Å². The minimum absolute atomic E-state index is 0.414. The first-order valence-corrected chi connectivity index (χ1v) is 7.22. The number of nitrogens with one attached hydrogen (secondary N) is 2. The molecule has 0 saturated carbocycles. The molecule has 2 heterocycles. The lowest BCUT2D eigenvalue weighted by Crippen LogP contribution is -2.35. The Balaban J connectivity index is 1.79. The van der Waals surface area contributed by atoms with Crippen molar-refractivity contribution in [3.63, 3.8) is 0 Å². The lowest BCUT2D eigenvalue weighted by Gasteiger charge is -2.19. The number of amides is 1. The van der Waals surface area contributed by atoms with Gasteiger partial charge in [-0.3, -0.25) is 0 Å². The average Bonchev–Trinajstić information content (AvgIpc) is 2.81. The Morgan fingerprint density at radius 1 is 1.35 bits per heavy atom. The summed E-state index contributed by atoms with van der Waals surface area (Å²) in [6.07, 6.45) is 1.11. The predicted molar refractivity (Wildman–Crippen MR) is 80.1 cm³/mol. The Labute approximate surface area is 121 Å². The molecule has 2 aromatic heterocycles. The molecule has 0 radical (unpaired) electrons. The number of aromatic nitrogens is 2. The average molecular weight is 294 g/mol. The van der Waals surface area contributed by atoms with E-state index < -0.39 is 11.7 Å². The van der Waals surface area contributed by atoms with Crippen molar-refractivity contribution < 1.29 is 9.53 Å². The molecule has 0 spiro atoms. The molecule has 20 heavy (non-hydrogen) atoms. The van der Waals surface area contributed by atoms with Crippen LogP contribution in [-0.2, 0) is 4.74 Å². The smallest absolute Gasteiger partial charge is 0.407 e. The standard InChI is InChI=1S/C13H18N4O2S/c1-13(2,3)19-12(18)15-6-5-14-11-10-9(4-7-20-10)16-8-17-11/h4,7-8H,5-6H2,1-3H3,(H,15,18)(H,14,16,17). The monoisotopic (exact) mass is 294 g/mol. The zero-order valence-electron chi connectivity index (χ0n) is 11.8. The van der Waals surface area contributed by atoms with Crippen LogP contribution in [0, 0.1) is 0 Å². The molecule has 0 saturated heterocycles. The van der Waals surface area contributed by atoms with Crippen molar-refractivity contribution in [3.05, 3.63) is 17.8 Å². The van der Waals surface area contributed by atoms with Crippen molar-refractivity contribution in [2.75, 3.05) is 18.4 Å². The number of carbonyl (C=O) groups excluding carboxylic acids is 1. The molecule has 2 rings (SSSR count). The number of carbonyl (C=O) groups is 1. The van der Waals surface area contributed by atoms with Gasteiger partial charge in [0.15, 0.2) is 0 Å². The molecule has 0 aromatic carbocycles. The summed E-state index contributed by atoms with van der Waals surface area (Å²) in [7, 11) is 0. The van der Waals surface area contributed by atoms with Gasteiger partial charge in [-0.05, 0) is 32.2 Å². The molecular formula is C13H18N4O2S. The van der Waals surface area contributed by atoms with E-state index in [0.717, 1.165) is 16.0 Å². The second-order valence-electron chi connectivity index (χ2n) is 5.21. The van der Waals surface area contributed by atoms with Crippen LogP contribution in [0.15, 0.2) is 17.8 Å². The van der Waals surface area contributed by atoms with E-state index in [-0.39, 0.29) is 0 Å². The van der Waals surface area contributed by atoms with Gasteiger partial charge in [-0.25, -0.2) is 14.8 Å². The van der Waals surface area contributed by atoms with Gasteiger partial charge in [0, 0.05) is 13.1 Å². The summed E-state index contributed by atoms with van der Waals surface area (Å²) in [6, 6.07) is 1.95. The normalized spacial score (nSPS) is 11.3. The van der Waals surface area contributed by atoms with Crippen LogP contribution in [0.1, 0.15) is 20.8 Å². The van der Waals surface area contributed by atoms with E-state index in [0.29, 0.717) is 13.1 Å². The Morgan fingerprint density at radius 3 is 2.90 bits per heavy atom. The van der Waals surface area contributed by atoms with Crippen molar-refractivity contribution in [1.82, 2.24) is 15.3 Å². The number of rotatable bonds is 4. The first-order chi connectivity index (χ1) is 9.46. The van der Waals surface area contributed by atoms with Crippen molar-refractivity contribution in [2.45, 2.75) is 26.4 Å². The molecule has 0 fully saturated rings. The summed E-state index contributed by atoms with van der Waals surface area (Å²) in [5.74, 6) is 0.788. The number of thiophene rings is 1. The van der Waals surface area contributed by atoms with Crippen LogP contribution in [0.5, 0.6) is 0 Å². The third kappa shape index (κ3) is 4.06. The lowest BCUT2D eigenvalue weighted by molar-refractivity contribution is 0.0530. The molecule has 0 aliphatic rings. The van der Waals surface area contributed by atoms with E-state index in [1.165, 1.54) is 6.33 Å². The summed E-state index contributed by atoms with van der Waals surface area (Å²) < 4.78 is 6.16. The van der Waals surface area contributed by atoms with Crippen molar-refractivity contribution >= 4 is 33.5 Å². The molecule has 7 heteroatoms. The number of ether oxygens (including phenoxy) is 1. The molecule has 0 unspecified atom stereocenters. The van der Waals surface area contributed by atoms with Crippen LogP contribution in [0.3, 0.4) is 0 Å². The van der Waals surface area contributed by atoms with Gasteiger partial charge in [0.2, 0.25) is 0 Å². The van der Waals surface area contributed by atoms with Crippen LogP contribution in [0.2, 0.25) is 0 Å². The number of nitrogens with zero attached hydrogens (tertiary/aromatic N) is 2. The molecule has 1 amide bonds. The minimum Gasteiger partial charge on any atom is -0.444 e. The Morgan fingerprint density at radius 2 is 2.15 bits per heavy atom. The van der Waals surface area contributed by atoms with E-state index in [1.807, 2.05) is 32.2 Å². The van der Waals surface area contributed by atoms with E-state index in [4.69, 9.17) is 4.74 Å². The fourth-order valence-electron chi connectivity index (χ4n) is 1.57. The van der Waals surface area contributed by atoms with Gasteiger partial charge in [0.1, 0.15) is 17.7 Å². The summed E-state index contributed by atoms with van der Waals surface area (Å²) in [5, 5.41) is 7.84. The zero-order valence-corrected chi connectivity index (χ0v) is 12.6. The van der Waals surface area contributed by atoms with Gasteiger partial charge in [0.25, 0.3) is 0 Å². The van der Waals surface area contributed by atoms with Gasteiger partial charge in [-0.1, -0.05) is 0 Å². The summed E-state index contributed by atoms with van der Waals surface area (Å²) >= 11 is 1.59. The molecule has 2 aromatic rings. The highest BCUT2D eigenvalue weighted by atomic mass is 32.1. The predicted octanol–water partition coefficient (Wildman–Crippen LogP) is 2.63. The maximum atomic E-state index is 11.5. The van der Waals surface area contributed by atoms with Crippen molar-refractivity contribution in [3.8, 4) is 0 Å². The topological polar surface area (TPSA) is 76.1 Å². The van der Waals surface area contributed by atoms with Gasteiger partial charge >= 0.3 is 6.09 Å². The molecule has 0 bridgehead atoms. The van der Waals surface area contributed by atoms with Crippen LogP contribution in [0.25, 0.3) is 10.2 Å². The molecular weight excluding hydrogens is 276 g/mol. The maximum absolute atomic E-state index is 11.5. The van der Waals surface area contributed by atoms with Crippen LogP contribution < -0.4 is 10.6 Å². The van der Waals surface area contributed by atoms with Crippen molar-refractivity contribution in [1.29, 1.82) is 0 Å². The quantitative estimate of drug-likeness (QED) is 0.848. The molecule has 2 N–H and O–H groups in total. The molecule has 0 aliphatic heterocycles. The third-order valence-electron chi connectivity index (χ3n) is 2.33. The molecule has 6 nitrogen and oxygen atoms in total. The van der Waals surface area contributed by atoms with Crippen molar-refractivity contribution in [2.24, 2.45) is 0 Å². The number of hydrogen-bond donors (Lipinski definition) is 2. The highest BCUT2D eigenvalue weighted by Gasteiger charge is 2.15. The lowest BCUT2D eigenvalue weighted by atomic mass is 10.2. The van der Waals surface area contributed by atoms with Gasteiger partial charge in [-0.15, -0.1) is 11.3 Å². The maximum Gasteiger partial charge on any atom is 0.407 e. The number of alkyl carbamates (subject to hydrolysis) is 1. The fraction of sp³-hybridized carbons (Fsp3) is 0.462. The number of anilines is 1. The van der Waals surface area contributed by atoms with Gasteiger partial charge in [-0.2, -0.15) is 0 Å². The summed E-state index contributed by atoms with van der Waals surface area (Å²) in [6.45, 7) is 6.53. The van der Waals surface area contributed by atoms with Crippen LogP contribution in [0.4, 0.5) is 10.6 Å². The highest BCUT2D eigenvalue weighted by Crippen LogP contribution is 2.24. The summed E-state index contributed by atoms with van der Waals surface area (Å²) in [5.41, 5.74) is 0.445. The zero-order chi connectivity index (χ0) is 14.6. The molecule has 108 valence electrons. The Hall–Kier alpha value is -1.89. The fourth-order valence-corrected chi connectivity index (χ4v) is 2.39. The third-order valence-corrected chi connectivity index (χ3v) is 3.24. The summed E-state index contributed by atoms with van der Waals surface area (Å²) in [4.78, 5) is 19.8. The molecule has 0 aliphatic carbocycles. The minimum atomic E-state index is -0.479. The molecule has 0 atom stereocenters. The van der Waals surface area contributed by atoms with E-state index in [2.05, 4.69) is 20.6 Å². The first kappa shape index (κ1) is 14.5. The van der Waals surface area contributed by atoms with Crippen LogP contribution >= 0.6 is 11.3 Å². The van der Waals surface area contributed by atoms with E-state index >= 15 is 0 Å². The Kier molecular flexibility index (Phi) is 4.39. The number of fused-ring (bicyclic) bond motifs is 1. The number of hydrogen-bond acceptors (Lipinski definition) is 6. The Bertz CT molecular complexity index is 591. The van der Waals surface area contributed by atoms with E-state index in [9.17, 15) is 4.79 Å². The highest BCUT2D eigenvalue weighted by molar-refractivity contribution is 7.17. The SMILES string of the molecule is CC(C)(C)OC(=O)NCCNc1ncnc2ccsc12. The largest absolute Gasteiger partial charge is 0.444 e. The first-order valence-electron chi connectivity index (χ1n) is 6.34. The second kappa shape index (κ2) is 6.04. The second-order valence-corrected chi connectivity index (χ2v) is 6.13.